The zero-order valence-corrected chi connectivity index (χ0v) is 17.1. The van der Waals surface area contributed by atoms with Crippen LogP contribution in [0.3, 0.4) is 0 Å². The molecule has 0 atom stereocenters. The van der Waals surface area contributed by atoms with Crippen LogP contribution in [0.4, 0.5) is 15.9 Å². The molecule has 1 amide bonds. The van der Waals surface area contributed by atoms with Crippen molar-refractivity contribution < 1.29 is 9.18 Å². The SMILES string of the molecule is C=CC(=O)Nc1cc(-c2nnn(Cc3ccccc3F)n2)c(NC2CCCCC2)cn1. The van der Waals surface area contributed by atoms with E-state index in [1.807, 2.05) is 0 Å². The number of carbonyl (C=O) groups is 1. The second-order valence-corrected chi connectivity index (χ2v) is 7.52. The van der Waals surface area contributed by atoms with Crippen molar-refractivity contribution in [2.45, 2.75) is 44.7 Å². The van der Waals surface area contributed by atoms with Crippen LogP contribution in [-0.4, -0.2) is 37.1 Å². The highest BCUT2D eigenvalue weighted by molar-refractivity contribution is 5.98. The van der Waals surface area contributed by atoms with E-state index in [0.29, 0.717) is 28.8 Å². The van der Waals surface area contributed by atoms with Crippen LogP contribution in [0.1, 0.15) is 37.7 Å². The molecule has 0 radical (unpaired) electrons. The van der Waals surface area contributed by atoms with Gasteiger partial charge >= 0.3 is 0 Å². The monoisotopic (exact) mass is 421 g/mol. The molecule has 2 heterocycles. The number of rotatable bonds is 7. The molecule has 9 heteroatoms. The minimum absolute atomic E-state index is 0.163. The van der Waals surface area contributed by atoms with Crippen molar-refractivity contribution in [1.82, 2.24) is 25.2 Å². The van der Waals surface area contributed by atoms with E-state index < -0.39 is 0 Å². The van der Waals surface area contributed by atoms with Gasteiger partial charge in [0.15, 0.2) is 0 Å². The number of hydrogen-bond acceptors (Lipinski definition) is 6. The van der Waals surface area contributed by atoms with Crippen LogP contribution in [-0.2, 0) is 11.3 Å². The van der Waals surface area contributed by atoms with E-state index in [1.54, 1.807) is 30.5 Å². The normalized spacial score (nSPS) is 14.2. The van der Waals surface area contributed by atoms with E-state index in [9.17, 15) is 9.18 Å². The van der Waals surface area contributed by atoms with Gasteiger partial charge in [0.1, 0.15) is 11.6 Å². The van der Waals surface area contributed by atoms with Gasteiger partial charge in [-0.15, -0.1) is 10.2 Å². The third-order valence-electron chi connectivity index (χ3n) is 5.27. The Balaban J connectivity index is 1.63. The molecule has 2 N–H and O–H groups in total. The number of amides is 1. The van der Waals surface area contributed by atoms with E-state index in [4.69, 9.17) is 0 Å². The van der Waals surface area contributed by atoms with E-state index in [1.165, 1.54) is 36.2 Å². The summed E-state index contributed by atoms with van der Waals surface area (Å²) < 4.78 is 14.0. The fourth-order valence-corrected chi connectivity index (χ4v) is 3.66. The van der Waals surface area contributed by atoms with Crippen LogP contribution in [0.15, 0.2) is 49.2 Å². The number of anilines is 2. The van der Waals surface area contributed by atoms with Crippen molar-refractivity contribution in [2.75, 3.05) is 10.6 Å². The third-order valence-corrected chi connectivity index (χ3v) is 5.27. The zero-order chi connectivity index (χ0) is 21.6. The van der Waals surface area contributed by atoms with E-state index >= 15 is 0 Å². The number of nitrogens with one attached hydrogen (secondary N) is 2. The summed E-state index contributed by atoms with van der Waals surface area (Å²) in [5.74, 6) is 0.0487. The second kappa shape index (κ2) is 9.46. The van der Waals surface area contributed by atoms with Crippen LogP contribution < -0.4 is 10.6 Å². The van der Waals surface area contributed by atoms with Crippen molar-refractivity contribution in [3.05, 3.63) is 60.6 Å². The number of halogens is 1. The molecule has 31 heavy (non-hydrogen) atoms. The Morgan fingerprint density at radius 2 is 2.06 bits per heavy atom. The minimum Gasteiger partial charge on any atom is -0.380 e. The maximum atomic E-state index is 14.0. The van der Waals surface area contributed by atoms with E-state index in [2.05, 4.69) is 37.6 Å². The molecule has 1 aromatic carbocycles. The van der Waals surface area contributed by atoms with Gasteiger partial charge in [-0.1, -0.05) is 44.0 Å². The molecule has 0 bridgehead atoms. The molecule has 4 rings (SSSR count). The van der Waals surface area contributed by atoms with E-state index in [-0.39, 0.29) is 18.3 Å². The summed E-state index contributed by atoms with van der Waals surface area (Å²) in [6.45, 7) is 3.62. The van der Waals surface area contributed by atoms with Gasteiger partial charge in [-0.05, 0) is 36.3 Å². The molecule has 3 aromatic rings. The predicted octanol–water partition coefficient (Wildman–Crippen LogP) is 3.79. The summed E-state index contributed by atoms with van der Waals surface area (Å²) in [5, 5.41) is 18.9. The number of carbonyl (C=O) groups excluding carboxylic acids is 1. The Morgan fingerprint density at radius 1 is 1.26 bits per heavy atom. The number of nitrogens with zero attached hydrogens (tertiary/aromatic N) is 5. The van der Waals surface area contributed by atoms with Gasteiger partial charge in [-0.2, -0.15) is 4.80 Å². The Morgan fingerprint density at radius 3 is 2.84 bits per heavy atom. The third kappa shape index (κ3) is 5.11. The Bertz CT molecular complexity index is 1080. The van der Waals surface area contributed by atoms with Gasteiger partial charge in [0.05, 0.1) is 24.0 Å². The lowest BCUT2D eigenvalue weighted by molar-refractivity contribution is -0.111. The molecule has 1 fully saturated rings. The lowest BCUT2D eigenvalue weighted by Gasteiger charge is -2.24. The molecular formula is C22H24FN7O. The Kier molecular flexibility index (Phi) is 6.30. The van der Waals surface area contributed by atoms with Crippen molar-refractivity contribution in [2.24, 2.45) is 0 Å². The topological polar surface area (TPSA) is 97.6 Å². The first-order valence-corrected chi connectivity index (χ1v) is 10.3. The lowest BCUT2D eigenvalue weighted by atomic mass is 9.95. The summed E-state index contributed by atoms with van der Waals surface area (Å²) in [6, 6.07) is 8.53. The first kappa shape index (κ1) is 20.6. The number of tetrazole rings is 1. The summed E-state index contributed by atoms with van der Waals surface area (Å²) in [7, 11) is 0. The minimum atomic E-state index is -0.359. The van der Waals surface area contributed by atoms with Gasteiger partial charge in [0, 0.05) is 11.6 Å². The van der Waals surface area contributed by atoms with Crippen molar-refractivity contribution in [1.29, 1.82) is 0 Å². The van der Waals surface area contributed by atoms with Gasteiger partial charge in [-0.25, -0.2) is 9.37 Å². The number of aromatic nitrogens is 5. The number of pyridine rings is 1. The molecule has 2 aromatic heterocycles. The first-order valence-electron chi connectivity index (χ1n) is 10.3. The number of benzene rings is 1. The molecule has 1 aliphatic carbocycles. The Labute approximate surface area is 179 Å². The van der Waals surface area contributed by atoms with E-state index in [0.717, 1.165) is 18.5 Å². The molecular weight excluding hydrogens is 397 g/mol. The molecule has 1 saturated carbocycles. The van der Waals surface area contributed by atoms with Crippen LogP contribution >= 0.6 is 0 Å². The maximum Gasteiger partial charge on any atom is 0.248 e. The van der Waals surface area contributed by atoms with Crippen molar-refractivity contribution in [3.8, 4) is 11.4 Å². The predicted molar refractivity (Wildman–Crippen MR) is 116 cm³/mol. The fraction of sp³-hybridized carbons (Fsp3) is 0.318. The summed E-state index contributed by atoms with van der Waals surface area (Å²) >= 11 is 0. The smallest absolute Gasteiger partial charge is 0.248 e. The first-order chi connectivity index (χ1) is 15.1. The quantitative estimate of drug-likeness (QED) is 0.564. The lowest BCUT2D eigenvalue weighted by Crippen LogP contribution is -2.23. The van der Waals surface area contributed by atoms with Crippen LogP contribution in [0.2, 0.25) is 0 Å². The largest absolute Gasteiger partial charge is 0.380 e. The summed E-state index contributed by atoms with van der Waals surface area (Å²) in [6.07, 6.45) is 8.64. The second-order valence-electron chi connectivity index (χ2n) is 7.52. The van der Waals surface area contributed by atoms with Gasteiger partial charge in [0.2, 0.25) is 11.7 Å². The maximum absolute atomic E-state index is 14.0. The standard InChI is InChI=1S/C22H24FN7O/c1-2-21(31)26-20-12-17(19(13-24-20)25-16-9-4-3-5-10-16)22-27-29-30(28-22)14-15-8-6-7-11-18(15)23/h2,6-8,11-13,16,25H,1,3-5,9-10,14H2,(H,24,26,31). The molecule has 0 spiro atoms. The average Bonchev–Trinajstić information content (AvgIpc) is 3.25. The van der Waals surface area contributed by atoms with Crippen LogP contribution in [0.5, 0.6) is 0 Å². The molecule has 8 nitrogen and oxygen atoms in total. The molecule has 1 aliphatic rings. The Hall–Kier alpha value is -3.62. The molecule has 160 valence electrons. The number of hydrogen-bond donors (Lipinski definition) is 2. The molecule has 0 aliphatic heterocycles. The average molecular weight is 421 g/mol. The van der Waals surface area contributed by atoms with Crippen LogP contribution in [0.25, 0.3) is 11.4 Å². The fourth-order valence-electron chi connectivity index (χ4n) is 3.66. The highest BCUT2D eigenvalue weighted by Crippen LogP contribution is 2.30. The van der Waals surface area contributed by atoms with Crippen molar-refractivity contribution >= 4 is 17.4 Å². The summed E-state index contributed by atoms with van der Waals surface area (Å²) in [4.78, 5) is 17.4. The highest BCUT2D eigenvalue weighted by Gasteiger charge is 2.19. The van der Waals surface area contributed by atoms with Crippen molar-refractivity contribution in [3.63, 3.8) is 0 Å². The van der Waals surface area contributed by atoms with Gasteiger partial charge in [0.25, 0.3) is 0 Å². The van der Waals surface area contributed by atoms with Crippen LogP contribution in [0, 0.1) is 5.82 Å². The van der Waals surface area contributed by atoms with Gasteiger partial charge in [-0.3, -0.25) is 4.79 Å². The van der Waals surface area contributed by atoms with Gasteiger partial charge < -0.3 is 10.6 Å². The molecule has 0 unspecified atom stereocenters. The zero-order valence-electron chi connectivity index (χ0n) is 17.1. The molecule has 0 saturated heterocycles. The highest BCUT2D eigenvalue weighted by atomic mass is 19.1. The summed E-state index contributed by atoms with van der Waals surface area (Å²) in [5.41, 5.74) is 1.91.